The molecule has 1 aromatic rings. The van der Waals surface area contributed by atoms with E-state index >= 15 is 0 Å². The van der Waals surface area contributed by atoms with Gasteiger partial charge in [0.1, 0.15) is 5.75 Å². The zero-order valence-corrected chi connectivity index (χ0v) is 9.12. The lowest BCUT2D eigenvalue weighted by Crippen LogP contribution is -2.24. The minimum Gasteiger partial charge on any atom is -0.434 e. The van der Waals surface area contributed by atoms with Gasteiger partial charge in [-0.25, -0.2) is 10.2 Å². The fourth-order valence-corrected chi connectivity index (χ4v) is 1.14. The highest BCUT2D eigenvalue weighted by Crippen LogP contribution is 2.23. The van der Waals surface area contributed by atoms with Gasteiger partial charge in [0.25, 0.3) is 0 Å². The molecule has 0 aliphatic carbocycles. The molecule has 0 radical (unpaired) electrons. The van der Waals surface area contributed by atoms with Crippen LogP contribution >= 0.6 is 11.6 Å². The van der Waals surface area contributed by atoms with Crippen LogP contribution in [0.5, 0.6) is 5.75 Å². The number of rotatable bonds is 4. The van der Waals surface area contributed by atoms with Crippen LogP contribution in [0.2, 0.25) is 5.02 Å². The second-order valence-corrected chi connectivity index (χ2v) is 3.23. The Labute approximate surface area is 100 Å². The van der Waals surface area contributed by atoms with Gasteiger partial charge in [0.05, 0.1) is 6.21 Å². The standard InChI is InChI=1S/C9H8ClF2N3O2/c10-6-2-1-5(4-14-15-9(13)16)7(3-6)17-8(11)12/h1-4,8H,(H3,13,15,16). The normalized spacial score (nSPS) is 10.8. The van der Waals surface area contributed by atoms with Crippen LogP contribution in [-0.4, -0.2) is 18.9 Å². The number of primary amides is 1. The predicted octanol–water partition coefficient (Wildman–Crippen LogP) is 1.94. The second-order valence-electron chi connectivity index (χ2n) is 2.79. The number of halogens is 3. The summed E-state index contributed by atoms with van der Waals surface area (Å²) in [4.78, 5) is 10.3. The first-order chi connectivity index (χ1) is 7.99. The van der Waals surface area contributed by atoms with Crippen molar-refractivity contribution in [3.8, 4) is 5.75 Å². The minimum atomic E-state index is -2.98. The summed E-state index contributed by atoms with van der Waals surface area (Å²) < 4.78 is 28.4. The fourth-order valence-electron chi connectivity index (χ4n) is 0.978. The van der Waals surface area contributed by atoms with Crippen molar-refractivity contribution in [2.24, 2.45) is 10.8 Å². The smallest absolute Gasteiger partial charge is 0.387 e. The van der Waals surface area contributed by atoms with Gasteiger partial charge in [-0.05, 0) is 18.2 Å². The lowest BCUT2D eigenvalue weighted by atomic mass is 10.2. The van der Waals surface area contributed by atoms with Gasteiger partial charge in [-0.3, -0.25) is 0 Å². The molecule has 0 saturated heterocycles. The number of amides is 2. The molecule has 5 nitrogen and oxygen atoms in total. The van der Waals surface area contributed by atoms with Gasteiger partial charge in [-0.15, -0.1) is 0 Å². The zero-order chi connectivity index (χ0) is 12.8. The number of carbonyl (C=O) groups excluding carboxylic acids is 1. The van der Waals surface area contributed by atoms with Crippen molar-refractivity contribution in [3.63, 3.8) is 0 Å². The fraction of sp³-hybridized carbons (Fsp3) is 0.111. The molecule has 0 atom stereocenters. The summed E-state index contributed by atoms with van der Waals surface area (Å²) in [7, 11) is 0. The summed E-state index contributed by atoms with van der Waals surface area (Å²) in [5.74, 6) is -0.150. The van der Waals surface area contributed by atoms with Gasteiger partial charge in [-0.2, -0.15) is 13.9 Å². The van der Waals surface area contributed by atoms with Gasteiger partial charge in [0, 0.05) is 10.6 Å². The summed E-state index contributed by atoms with van der Waals surface area (Å²) in [6.45, 7) is -2.98. The summed E-state index contributed by atoms with van der Waals surface area (Å²) in [6.07, 6.45) is 1.11. The van der Waals surface area contributed by atoms with Crippen molar-refractivity contribution in [1.29, 1.82) is 0 Å². The number of hydrazone groups is 1. The Hall–Kier alpha value is -1.89. The van der Waals surface area contributed by atoms with E-state index in [1.165, 1.54) is 18.2 Å². The number of urea groups is 1. The van der Waals surface area contributed by atoms with Crippen LogP contribution in [0.3, 0.4) is 0 Å². The van der Waals surface area contributed by atoms with Crippen LogP contribution < -0.4 is 15.9 Å². The third-order valence-corrected chi connectivity index (χ3v) is 1.81. The van der Waals surface area contributed by atoms with Crippen molar-refractivity contribution in [3.05, 3.63) is 28.8 Å². The van der Waals surface area contributed by atoms with Crippen molar-refractivity contribution < 1.29 is 18.3 Å². The van der Waals surface area contributed by atoms with E-state index in [1.807, 2.05) is 5.43 Å². The maximum Gasteiger partial charge on any atom is 0.387 e. The molecule has 3 N–H and O–H groups in total. The molecule has 92 valence electrons. The zero-order valence-electron chi connectivity index (χ0n) is 8.36. The molecule has 0 fully saturated rings. The molecule has 1 rings (SSSR count). The molecule has 1 aromatic carbocycles. The first kappa shape index (κ1) is 13.2. The number of ether oxygens (including phenoxy) is 1. The van der Waals surface area contributed by atoms with Crippen LogP contribution in [0.15, 0.2) is 23.3 Å². The average molecular weight is 264 g/mol. The molecule has 8 heteroatoms. The highest BCUT2D eigenvalue weighted by atomic mass is 35.5. The quantitative estimate of drug-likeness (QED) is 0.643. The maximum atomic E-state index is 12.1. The Kier molecular flexibility index (Phi) is 4.65. The Morgan fingerprint density at radius 2 is 2.29 bits per heavy atom. The number of nitrogens with one attached hydrogen (secondary N) is 1. The molecular weight excluding hydrogens is 256 g/mol. The summed E-state index contributed by atoms with van der Waals surface area (Å²) in [6, 6.07) is 3.21. The lowest BCUT2D eigenvalue weighted by molar-refractivity contribution is -0.0499. The van der Waals surface area contributed by atoms with Crippen LogP contribution in [0.4, 0.5) is 13.6 Å². The van der Waals surface area contributed by atoms with Crippen molar-refractivity contribution in [2.45, 2.75) is 6.61 Å². The first-order valence-corrected chi connectivity index (χ1v) is 4.69. The van der Waals surface area contributed by atoms with Gasteiger partial charge >= 0.3 is 12.6 Å². The summed E-state index contributed by atoms with van der Waals surface area (Å²) >= 11 is 5.63. The summed E-state index contributed by atoms with van der Waals surface area (Å²) in [5, 5.41) is 3.66. The third-order valence-electron chi connectivity index (χ3n) is 1.57. The molecule has 0 saturated carbocycles. The minimum absolute atomic E-state index is 0.150. The molecule has 0 unspecified atom stereocenters. The van der Waals surface area contributed by atoms with Crippen LogP contribution in [0, 0.1) is 0 Å². The molecule has 0 aromatic heterocycles. The van der Waals surface area contributed by atoms with E-state index in [2.05, 4.69) is 9.84 Å². The number of nitrogens with zero attached hydrogens (tertiary/aromatic N) is 1. The number of hydrogen-bond donors (Lipinski definition) is 2. The largest absolute Gasteiger partial charge is 0.434 e. The van der Waals surface area contributed by atoms with Gasteiger partial charge in [-0.1, -0.05) is 11.6 Å². The molecule has 0 heterocycles. The molecule has 0 bridgehead atoms. The van der Waals surface area contributed by atoms with E-state index in [9.17, 15) is 13.6 Å². The van der Waals surface area contributed by atoms with E-state index < -0.39 is 12.6 Å². The lowest BCUT2D eigenvalue weighted by Gasteiger charge is -2.07. The number of benzene rings is 1. The number of alkyl halides is 2. The number of carbonyl (C=O) groups is 1. The highest BCUT2D eigenvalue weighted by molar-refractivity contribution is 6.30. The van der Waals surface area contributed by atoms with E-state index in [-0.39, 0.29) is 16.3 Å². The van der Waals surface area contributed by atoms with Crippen LogP contribution in [0.1, 0.15) is 5.56 Å². The number of hydrogen-bond acceptors (Lipinski definition) is 3. The molecule has 0 spiro atoms. The molecule has 17 heavy (non-hydrogen) atoms. The Morgan fingerprint density at radius 1 is 1.59 bits per heavy atom. The average Bonchev–Trinajstić information content (AvgIpc) is 2.20. The topological polar surface area (TPSA) is 76.7 Å². The van der Waals surface area contributed by atoms with Crippen LogP contribution in [0.25, 0.3) is 0 Å². The molecular formula is C9H8ClF2N3O2. The van der Waals surface area contributed by atoms with E-state index in [4.69, 9.17) is 17.3 Å². The van der Waals surface area contributed by atoms with Crippen molar-refractivity contribution in [2.75, 3.05) is 0 Å². The molecule has 0 aliphatic heterocycles. The Balaban J connectivity index is 2.89. The molecule has 0 aliphatic rings. The van der Waals surface area contributed by atoms with Gasteiger partial charge in [0.15, 0.2) is 0 Å². The second kappa shape index (κ2) is 6.00. The highest BCUT2D eigenvalue weighted by Gasteiger charge is 2.09. The van der Waals surface area contributed by atoms with Gasteiger partial charge < -0.3 is 10.5 Å². The van der Waals surface area contributed by atoms with E-state index in [1.54, 1.807) is 0 Å². The van der Waals surface area contributed by atoms with Gasteiger partial charge in [0.2, 0.25) is 0 Å². The molecule has 2 amide bonds. The first-order valence-electron chi connectivity index (χ1n) is 4.32. The maximum absolute atomic E-state index is 12.1. The van der Waals surface area contributed by atoms with Crippen molar-refractivity contribution >= 4 is 23.8 Å². The summed E-state index contributed by atoms with van der Waals surface area (Å²) in [5.41, 5.74) is 6.91. The Morgan fingerprint density at radius 3 is 2.88 bits per heavy atom. The third kappa shape index (κ3) is 4.64. The van der Waals surface area contributed by atoms with Crippen molar-refractivity contribution in [1.82, 2.24) is 5.43 Å². The van der Waals surface area contributed by atoms with E-state index in [0.717, 1.165) is 6.21 Å². The SMILES string of the molecule is NC(=O)NN=Cc1ccc(Cl)cc1OC(F)F. The van der Waals surface area contributed by atoms with E-state index in [0.29, 0.717) is 0 Å². The number of nitrogens with two attached hydrogens (primary N) is 1. The Bertz CT molecular complexity index is 440. The van der Waals surface area contributed by atoms with Crippen LogP contribution in [-0.2, 0) is 0 Å². The monoisotopic (exact) mass is 263 g/mol. The predicted molar refractivity (Wildman–Crippen MR) is 58.4 cm³/mol.